The zero-order valence-electron chi connectivity index (χ0n) is 10.3. The van der Waals surface area contributed by atoms with Crippen molar-refractivity contribution in [1.82, 2.24) is 0 Å². The topological polar surface area (TPSA) is 43.4 Å². The Labute approximate surface area is 117 Å². The number of hydrogen-bond donors (Lipinski definition) is 0. The van der Waals surface area contributed by atoms with Gasteiger partial charge in [0.05, 0.1) is 5.56 Å². The van der Waals surface area contributed by atoms with Crippen molar-refractivity contribution in [3.05, 3.63) is 59.9 Å². The van der Waals surface area contributed by atoms with Gasteiger partial charge in [-0.1, -0.05) is 18.2 Å². The van der Waals surface area contributed by atoms with Crippen LogP contribution >= 0.6 is 0 Å². The van der Waals surface area contributed by atoms with Gasteiger partial charge in [0.1, 0.15) is 10.7 Å². The van der Waals surface area contributed by atoms with Gasteiger partial charge >= 0.3 is 16.3 Å². The molecule has 21 heavy (non-hydrogen) atoms. The van der Waals surface area contributed by atoms with Gasteiger partial charge < -0.3 is 4.18 Å². The maximum atomic E-state index is 13.0. The molecule has 3 nitrogen and oxygen atoms in total. The molecule has 2 aromatic rings. The quantitative estimate of drug-likeness (QED) is 0.641. The zero-order chi connectivity index (χ0) is 15.7. The molecule has 0 fully saturated rings. The van der Waals surface area contributed by atoms with Crippen LogP contribution in [0.4, 0.5) is 17.6 Å². The molecule has 0 radical (unpaired) electrons. The van der Waals surface area contributed by atoms with Crippen molar-refractivity contribution in [2.45, 2.75) is 11.1 Å². The third kappa shape index (κ3) is 3.52. The Bertz CT molecular complexity index is 754. The highest BCUT2D eigenvalue weighted by atomic mass is 32.2. The van der Waals surface area contributed by atoms with Crippen molar-refractivity contribution in [3.8, 4) is 5.75 Å². The van der Waals surface area contributed by atoms with E-state index < -0.39 is 38.3 Å². The molecule has 0 saturated carbocycles. The van der Waals surface area contributed by atoms with E-state index in [-0.39, 0.29) is 0 Å². The maximum Gasteiger partial charge on any atom is 0.420 e. The van der Waals surface area contributed by atoms with Crippen LogP contribution < -0.4 is 4.18 Å². The van der Waals surface area contributed by atoms with Gasteiger partial charge in [0.15, 0.2) is 5.75 Å². The molecule has 2 aromatic carbocycles. The summed E-state index contributed by atoms with van der Waals surface area (Å²) < 4.78 is 79.5. The lowest BCUT2D eigenvalue weighted by molar-refractivity contribution is -0.138. The molecule has 0 bridgehead atoms. The Morgan fingerprint density at radius 2 is 1.62 bits per heavy atom. The molecule has 0 unspecified atom stereocenters. The maximum absolute atomic E-state index is 13.0. The average Bonchev–Trinajstić information content (AvgIpc) is 2.37. The smallest absolute Gasteiger partial charge is 0.378 e. The normalized spacial score (nSPS) is 12.2. The highest BCUT2D eigenvalue weighted by Gasteiger charge is 2.35. The number of rotatable bonds is 3. The van der Waals surface area contributed by atoms with Crippen LogP contribution in [0.25, 0.3) is 0 Å². The molecular formula is C13H8F4O3S. The van der Waals surface area contributed by atoms with Crippen molar-refractivity contribution in [1.29, 1.82) is 0 Å². The largest absolute Gasteiger partial charge is 0.420 e. The predicted octanol–water partition coefficient (Wildman–Crippen LogP) is 3.61. The molecule has 0 aliphatic heterocycles. The molecule has 0 aromatic heterocycles. The summed E-state index contributed by atoms with van der Waals surface area (Å²) in [6.45, 7) is 0. The molecule has 112 valence electrons. The van der Waals surface area contributed by atoms with Gasteiger partial charge in [-0.3, -0.25) is 0 Å². The average molecular weight is 320 g/mol. The van der Waals surface area contributed by atoms with E-state index >= 15 is 0 Å². The van der Waals surface area contributed by atoms with E-state index in [1.807, 2.05) is 0 Å². The Morgan fingerprint density at radius 1 is 0.952 bits per heavy atom. The molecule has 0 aliphatic carbocycles. The van der Waals surface area contributed by atoms with Crippen molar-refractivity contribution in [3.63, 3.8) is 0 Å². The summed E-state index contributed by atoms with van der Waals surface area (Å²) in [6.07, 6.45) is -4.77. The SMILES string of the molecule is O=S(=O)(Oc1ccccc1C(F)(F)F)c1cccc(F)c1. The molecule has 2 rings (SSSR count). The number of benzene rings is 2. The van der Waals surface area contributed by atoms with Crippen molar-refractivity contribution >= 4 is 10.1 Å². The van der Waals surface area contributed by atoms with Crippen LogP contribution in [0.2, 0.25) is 0 Å². The summed E-state index contributed by atoms with van der Waals surface area (Å²) in [5.74, 6) is -1.71. The minimum absolute atomic E-state index is 0.570. The number of para-hydroxylation sites is 1. The first-order valence-electron chi connectivity index (χ1n) is 5.56. The lowest BCUT2D eigenvalue weighted by atomic mass is 10.2. The lowest BCUT2D eigenvalue weighted by Crippen LogP contribution is -2.14. The van der Waals surface area contributed by atoms with Gasteiger partial charge in [-0.15, -0.1) is 0 Å². The Hall–Kier alpha value is -2.09. The second kappa shape index (κ2) is 5.36. The van der Waals surface area contributed by atoms with E-state index in [1.165, 1.54) is 6.07 Å². The first-order chi connectivity index (χ1) is 9.70. The fourth-order valence-electron chi connectivity index (χ4n) is 1.56. The first kappa shape index (κ1) is 15.3. The monoisotopic (exact) mass is 320 g/mol. The summed E-state index contributed by atoms with van der Waals surface area (Å²) in [5.41, 5.74) is -1.23. The molecule has 0 heterocycles. The Morgan fingerprint density at radius 3 is 2.24 bits per heavy atom. The molecule has 0 saturated heterocycles. The molecule has 8 heteroatoms. The van der Waals surface area contributed by atoms with Gasteiger partial charge in [0.25, 0.3) is 0 Å². The standard InChI is InChI=1S/C13H8F4O3S/c14-9-4-3-5-10(8-9)21(18,19)20-12-7-2-1-6-11(12)13(15,16)17/h1-8H. The highest BCUT2D eigenvalue weighted by molar-refractivity contribution is 7.87. The third-order valence-electron chi connectivity index (χ3n) is 2.48. The number of hydrogen-bond acceptors (Lipinski definition) is 3. The molecule has 0 amide bonds. The van der Waals surface area contributed by atoms with Gasteiger partial charge in [0, 0.05) is 0 Å². The van der Waals surface area contributed by atoms with Crippen LogP contribution in [-0.4, -0.2) is 8.42 Å². The van der Waals surface area contributed by atoms with Crippen LogP contribution in [0, 0.1) is 5.82 Å². The van der Waals surface area contributed by atoms with Gasteiger partial charge in [-0.05, 0) is 30.3 Å². The van der Waals surface area contributed by atoms with Crippen LogP contribution in [0.3, 0.4) is 0 Å². The lowest BCUT2D eigenvalue weighted by Gasteiger charge is -2.13. The van der Waals surface area contributed by atoms with Crippen LogP contribution in [0.5, 0.6) is 5.75 Å². The molecule has 0 spiro atoms. The van der Waals surface area contributed by atoms with Crippen LogP contribution in [0.15, 0.2) is 53.4 Å². The summed E-state index contributed by atoms with van der Waals surface area (Å²) in [7, 11) is -4.56. The van der Waals surface area contributed by atoms with E-state index in [4.69, 9.17) is 0 Å². The molecule has 0 atom stereocenters. The predicted molar refractivity (Wildman–Crippen MR) is 65.7 cm³/mol. The molecule has 0 aliphatic rings. The summed E-state index contributed by atoms with van der Waals surface area (Å²) in [6, 6.07) is 7.66. The zero-order valence-corrected chi connectivity index (χ0v) is 11.1. The van der Waals surface area contributed by atoms with Gasteiger partial charge in [-0.25, -0.2) is 4.39 Å². The van der Waals surface area contributed by atoms with E-state index in [9.17, 15) is 26.0 Å². The van der Waals surface area contributed by atoms with Gasteiger partial charge in [-0.2, -0.15) is 21.6 Å². The van der Waals surface area contributed by atoms with Crippen LogP contribution in [-0.2, 0) is 16.3 Å². The fraction of sp³-hybridized carbons (Fsp3) is 0.0769. The van der Waals surface area contributed by atoms with E-state index in [1.54, 1.807) is 0 Å². The third-order valence-corrected chi connectivity index (χ3v) is 3.71. The number of halogens is 4. The Balaban J connectivity index is 2.43. The van der Waals surface area contributed by atoms with E-state index in [0.29, 0.717) is 12.1 Å². The van der Waals surface area contributed by atoms with Crippen molar-refractivity contribution in [2.75, 3.05) is 0 Å². The van der Waals surface area contributed by atoms with Gasteiger partial charge in [0.2, 0.25) is 0 Å². The fourth-order valence-corrected chi connectivity index (χ4v) is 2.54. The molecule has 0 N–H and O–H groups in total. The first-order valence-corrected chi connectivity index (χ1v) is 6.97. The number of alkyl halides is 3. The second-order valence-electron chi connectivity index (χ2n) is 3.99. The minimum atomic E-state index is -4.77. The van der Waals surface area contributed by atoms with E-state index in [0.717, 1.165) is 30.3 Å². The van der Waals surface area contributed by atoms with Crippen molar-refractivity contribution in [2.24, 2.45) is 0 Å². The van der Waals surface area contributed by atoms with Crippen LogP contribution in [0.1, 0.15) is 5.56 Å². The van der Waals surface area contributed by atoms with E-state index in [2.05, 4.69) is 4.18 Å². The van der Waals surface area contributed by atoms with Crippen molar-refractivity contribution < 1.29 is 30.2 Å². The highest BCUT2D eigenvalue weighted by Crippen LogP contribution is 2.37. The second-order valence-corrected chi connectivity index (χ2v) is 5.54. The summed E-state index contributed by atoms with van der Waals surface area (Å²) in [5, 5.41) is 0. The Kier molecular flexibility index (Phi) is 3.91. The minimum Gasteiger partial charge on any atom is -0.378 e. The molecular weight excluding hydrogens is 312 g/mol. The summed E-state index contributed by atoms with van der Waals surface area (Å²) in [4.78, 5) is -0.570. The summed E-state index contributed by atoms with van der Waals surface area (Å²) >= 11 is 0.